The molecule has 11 heteroatoms. The highest BCUT2D eigenvalue weighted by Crippen LogP contribution is 2.53. The summed E-state index contributed by atoms with van der Waals surface area (Å²) in [4.78, 5) is 23.9. The molecule has 0 saturated heterocycles. The van der Waals surface area contributed by atoms with Crippen LogP contribution in [0.3, 0.4) is 0 Å². The highest BCUT2D eigenvalue weighted by atomic mass is 79.9. The van der Waals surface area contributed by atoms with Crippen LogP contribution in [-0.4, -0.2) is 34.4 Å². The molecule has 0 radical (unpaired) electrons. The van der Waals surface area contributed by atoms with Crippen molar-refractivity contribution in [3.8, 4) is 0 Å². The molecule has 152 valence electrons. The number of ether oxygens (including phenoxy) is 1. The number of fused-ring (bicyclic) bond motifs is 1. The Labute approximate surface area is 171 Å². The summed E-state index contributed by atoms with van der Waals surface area (Å²) < 4.78 is 49.1. The number of nitrogens with two attached hydrogens (primary N) is 1. The molecule has 3 unspecified atom stereocenters. The van der Waals surface area contributed by atoms with Crippen LogP contribution in [-0.2, 0) is 10.3 Å². The van der Waals surface area contributed by atoms with Gasteiger partial charge in [0.15, 0.2) is 5.54 Å². The van der Waals surface area contributed by atoms with Crippen molar-refractivity contribution in [1.29, 1.82) is 0 Å². The number of aromatic nitrogens is 2. The predicted octanol–water partition coefficient (Wildman–Crippen LogP) is 3.21. The van der Waals surface area contributed by atoms with Gasteiger partial charge in [-0.15, -0.1) is 0 Å². The van der Waals surface area contributed by atoms with Gasteiger partial charge in [-0.2, -0.15) is 0 Å². The molecule has 1 amide bonds. The van der Waals surface area contributed by atoms with Crippen molar-refractivity contribution < 1.29 is 22.7 Å². The van der Waals surface area contributed by atoms with Gasteiger partial charge in [-0.1, -0.05) is 0 Å². The lowest BCUT2D eigenvalue weighted by Gasteiger charge is -2.50. The number of rotatable bonds is 4. The average Bonchev–Trinajstić information content (AvgIpc) is 2.65. The van der Waals surface area contributed by atoms with Crippen molar-refractivity contribution in [3.63, 3.8) is 0 Å². The third kappa shape index (κ3) is 3.33. The van der Waals surface area contributed by atoms with Crippen LogP contribution >= 0.6 is 15.9 Å². The zero-order chi connectivity index (χ0) is 20.8. The van der Waals surface area contributed by atoms with E-state index in [0.29, 0.717) is 17.3 Å². The van der Waals surface area contributed by atoms with Gasteiger partial charge in [0, 0.05) is 29.6 Å². The summed E-state index contributed by atoms with van der Waals surface area (Å²) in [6, 6.07) is 3.02. The Hall–Kier alpha value is -2.69. The van der Waals surface area contributed by atoms with Crippen LogP contribution in [0.5, 0.6) is 0 Å². The van der Waals surface area contributed by atoms with Crippen LogP contribution in [0.15, 0.2) is 40.1 Å². The molecule has 1 saturated carbocycles. The van der Waals surface area contributed by atoms with Gasteiger partial charge in [-0.25, -0.2) is 28.1 Å². The first-order chi connectivity index (χ1) is 13.8. The molecule has 1 fully saturated rings. The topological polar surface area (TPSA) is 102 Å². The van der Waals surface area contributed by atoms with Crippen LogP contribution in [0, 0.1) is 11.7 Å². The Bertz CT molecular complexity index is 988. The van der Waals surface area contributed by atoms with E-state index >= 15 is 0 Å². The van der Waals surface area contributed by atoms with Crippen LogP contribution in [0.2, 0.25) is 0 Å². The summed E-state index contributed by atoms with van der Waals surface area (Å²) in [5.74, 6) is -2.38. The molecule has 7 nitrogen and oxygen atoms in total. The second-order valence-electron chi connectivity index (χ2n) is 6.79. The fourth-order valence-electron chi connectivity index (χ4n) is 3.68. The molecule has 0 spiro atoms. The lowest BCUT2D eigenvalue weighted by Crippen LogP contribution is -2.57. The molecule has 3 N–H and O–H groups in total. The number of carbonyl (C=O) groups is 1. The second-order valence-corrected chi connectivity index (χ2v) is 7.71. The number of carbonyl (C=O) groups excluding carboxylic acids is 1. The number of aliphatic imine (C=N–C) groups is 1. The number of hydrogen-bond donors (Lipinski definition) is 2. The Morgan fingerprint density at radius 3 is 2.66 bits per heavy atom. The molecule has 29 heavy (non-hydrogen) atoms. The van der Waals surface area contributed by atoms with Gasteiger partial charge in [-0.3, -0.25) is 4.79 Å². The Morgan fingerprint density at radius 2 is 2.03 bits per heavy atom. The molecule has 0 bridgehead atoms. The standard InChI is InChI=1S/C18H15BrF3N5O2/c19-8-6-24-14(25-7-8)15(28)26-9-1-3-12(20)11(5-9)18(16(21)22)10-2-4-13(10)29-17(23)27-18/h1,3,5-7,10,13,16H,2,4H2,(H2,23,27)(H,26,28). The summed E-state index contributed by atoms with van der Waals surface area (Å²) in [7, 11) is 0. The second kappa shape index (κ2) is 7.29. The number of benzene rings is 1. The lowest BCUT2D eigenvalue weighted by molar-refractivity contribution is -0.0949. The third-order valence-corrected chi connectivity index (χ3v) is 5.56. The van der Waals surface area contributed by atoms with E-state index in [2.05, 4.69) is 36.2 Å². The smallest absolute Gasteiger partial charge is 0.293 e. The van der Waals surface area contributed by atoms with Gasteiger partial charge in [-0.05, 0) is 47.0 Å². The van der Waals surface area contributed by atoms with E-state index in [1.54, 1.807) is 0 Å². The van der Waals surface area contributed by atoms with E-state index in [1.807, 2.05) is 0 Å². The first-order valence-electron chi connectivity index (χ1n) is 8.70. The fourth-order valence-corrected chi connectivity index (χ4v) is 3.88. The molecule has 1 aliphatic carbocycles. The lowest BCUT2D eigenvalue weighted by atomic mass is 9.65. The van der Waals surface area contributed by atoms with Crippen LogP contribution in [0.4, 0.5) is 18.9 Å². The van der Waals surface area contributed by atoms with E-state index < -0.39 is 41.7 Å². The highest BCUT2D eigenvalue weighted by Gasteiger charge is 2.59. The van der Waals surface area contributed by atoms with Gasteiger partial charge >= 0.3 is 0 Å². The number of anilines is 1. The first-order valence-corrected chi connectivity index (χ1v) is 9.49. The Kier molecular flexibility index (Phi) is 4.93. The van der Waals surface area contributed by atoms with E-state index in [0.717, 1.165) is 12.1 Å². The van der Waals surface area contributed by atoms with Crippen molar-refractivity contribution in [2.75, 3.05) is 5.32 Å². The quantitative estimate of drug-likeness (QED) is 0.715. The number of nitrogens with zero attached hydrogens (tertiary/aromatic N) is 3. The number of amides is 1. The van der Waals surface area contributed by atoms with Gasteiger partial charge < -0.3 is 15.8 Å². The zero-order valence-corrected chi connectivity index (χ0v) is 16.4. The molecule has 1 aromatic carbocycles. The van der Waals surface area contributed by atoms with E-state index in [4.69, 9.17) is 10.5 Å². The van der Waals surface area contributed by atoms with Gasteiger partial charge in [0.2, 0.25) is 5.82 Å². The summed E-state index contributed by atoms with van der Waals surface area (Å²) in [6.45, 7) is 0. The summed E-state index contributed by atoms with van der Waals surface area (Å²) >= 11 is 3.16. The zero-order valence-electron chi connectivity index (χ0n) is 14.8. The monoisotopic (exact) mass is 469 g/mol. The maximum Gasteiger partial charge on any atom is 0.293 e. The molecule has 2 heterocycles. The normalized spacial score (nSPS) is 25.5. The van der Waals surface area contributed by atoms with Crippen LogP contribution < -0.4 is 11.1 Å². The van der Waals surface area contributed by atoms with Crippen molar-refractivity contribution in [2.45, 2.75) is 30.9 Å². The number of hydrogen-bond acceptors (Lipinski definition) is 6. The van der Waals surface area contributed by atoms with Crippen LogP contribution in [0.1, 0.15) is 29.0 Å². The third-order valence-electron chi connectivity index (χ3n) is 5.16. The molecule has 3 atom stereocenters. The SMILES string of the molecule is NC1=NC(c2cc(NC(=O)c3ncc(Br)cn3)ccc2F)(C(F)F)C2CCC2O1. The maximum absolute atomic E-state index is 14.7. The van der Waals surface area contributed by atoms with Crippen molar-refractivity contribution in [3.05, 3.63) is 52.3 Å². The summed E-state index contributed by atoms with van der Waals surface area (Å²) in [5, 5.41) is 2.49. The van der Waals surface area contributed by atoms with Crippen LogP contribution in [0.25, 0.3) is 0 Å². The largest absolute Gasteiger partial charge is 0.462 e. The molecular weight excluding hydrogens is 455 g/mol. The number of nitrogens with one attached hydrogen (secondary N) is 1. The Balaban J connectivity index is 1.71. The number of halogens is 4. The minimum absolute atomic E-state index is 0.106. The van der Waals surface area contributed by atoms with Crippen molar-refractivity contribution in [2.24, 2.45) is 16.6 Å². The molecular formula is C18H15BrF3N5O2. The summed E-state index contributed by atoms with van der Waals surface area (Å²) in [6.07, 6.45) is 0.145. The minimum atomic E-state index is -3.02. The first kappa shape index (κ1) is 19.6. The number of alkyl halides is 2. The molecule has 4 rings (SSSR count). The van der Waals surface area contributed by atoms with Gasteiger partial charge in [0.25, 0.3) is 18.4 Å². The Morgan fingerprint density at radius 1 is 1.31 bits per heavy atom. The fraction of sp³-hybridized carbons (Fsp3) is 0.333. The highest BCUT2D eigenvalue weighted by molar-refractivity contribution is 9.10. The van der Waals surface area contributed by atoms with E-state index in [1.165, 1.54) is 18.5 Å². The van der Waals surface area contributed by atoms with Crippen molar-refractivity contribution >= 4 is 33.5 Å². The molecule has 2 aromatic rings. The average molecular weight is 470 g/mol. The van der Waals surface area contributed by atoms with E-state index in [-0.39, 0.29) is 17.1 Å². The van der Waals surface area contributed by atoms with Gasteiger partial charge in [0.05, 0.1) is 4.47 Å². The van der Waals surface area contributed by atoms with Gasteiger partial charge in [0.1, 0.15) is 11.9 Å². The van der Waals surface area contributed by atoms with E-state index in [9.17, 15) is 18.0 Å². The number of amidine groups is 1. The molecule has 2 aliphatic rings. The minimum Gasteiger partial charge on any atom is -0.462 e. The predicted molar refractivity (Wildman–Crippen MR) is 101 cm³/mol. The maximum atomic E-state index is 14.7. The summed E-state index contributed by atoms with van der Waals surface area (Å²) in [5.41, 5.74) is 3.20. The van der Waals surface area contributed by atoms with Crippen molar-refractivity contribution in [1.82, 2.24) is 9.97 Å². The molecule has 1 aliphatic heterocycles. The molecule has 1 aromatic heterocycles.